The van der Waals surface area contributed by atoms with Crippen molar-refractivity contribution in [1.29, 1.82) is 0 Å². The lowest BCUT2D eigenvalue weighted by Gasteiger charge is -2.40. The lowest BCUT2D eigenvalue weighted by atomic mass is 9.77. The summed E-state index contributed by atoms with van der Waals surface area (Å²) >= 11 is 0. The van der Waals surface area contributed by atoms with Crippen molar-refractivity contribution < 1.29 is 9.90 Å². The summed E-state index contributed by atoms with van der Waals surface area (Å²) < 4.78 is 0. The van der Waals surface area contributed by atoms with Gasteiger partial charge in [0, 0.05) is 19.5 Å². The Hall–Kier alpha value is -1.77. The Morgan fingerprint density at radius 2 is 2.00 bits per heavy atom. The van der Waals surface area contributed by atoms with E-state index in [1.807, 2.05) is 17.0 Å². The Kier molecular flexibility index (Phi) is 5.28. The SMILES string of the molecule is CC(C)=CCC[C@]1(C)CCC(=O)N(Cc2ccc(O)cc2)C1. The smallest absolute Gasteiger partial charge is 0.222 e. The van der Waals surface area contributed by atoms with Gasteiger partial charge in [0.25, 0.3) is 0 Å². The highest BCUT2D eigenvalue weighted by molar-refractivity contribution is 5.77. The average Bonchev–Trinajstić information content (AvgIpc) is 2.45. The quantitative estimate of drug-likeness (QED) is 0.825. The van der Waals surface area contributed by atoms with Crippen LogP contribution in [0.3, 0.4) is 0 Å². The van der Waals surface area contributed by atoms with Gasteiger partial charge in [0.15, 0.2) is 0 Å². The number of carbonyl (C=O) groups excluding carboxylic acids is 1. The number of nitrogens with zero attached hydrogens (tertiary/aromatic N) is 1. The maximum absolute atomic E-state index is 12.2. The van der Waals surface area contributed by atoms with E-state index >= 15 is 0 Å². The molecule has 0 aliphatic carbocycles. The minimum Gasteiger partial charge on any atom is -0.508 e. The lowest BCUT2D eigenvalue weighted by Crippen LogP contribution is -2.44. The Morgan fingerprint density at radius 3 is 2.64 bits per heavy atom. The molecule has 1 aromatic rings. The predicted octanol–water partition coefficient (Wildman–Crippen LogP) is 4.27. The van der Waals surface area contributed by atoms with Crippen LogP contribution in [0.25, 0.3) is 0 Å². The average molecular weight is 301 g/mol. The third-order valence-electron chi connectivity index (χ3n) is 4.48. The van der Waals surface area contributed by atoms with E-state index in [2.05, 4.69) is 26.8 Å². The molecule has 1 N–H and O–H groups in total. The number of rotatable bonds is 5. The van der Waals surface area contributed by atoms with Crippen LogP contribution in [-0.2, 0) is 11.3 Å². The Balaban J connectivity index is 1.99. The zero-order chi connectivity index (χ0) is 16.2. The van der Waals surface area contributed by atoms with E-state index in [0.717, 1.165) is 31.4 Å². The summed E-state index contributed by atoms with van der Waals surface area (Å²) in [6.07, 6.45) is 6.11. The van der Waals surface area contributed by atoms with E-state index in [1.54, 1.807) is 12.1 Å². The number of carbonyl (C=O) groups is 1. The summed E-state index contributed by atoms with van der Waals surface area (Å²) in [5, 5.41) is 9.35. The van der Waals surface area contributed by atoms with Gasteiger partial charge in [-0.2, -0.15) is 0 Å². The van der Waals surface area contributed by atoms with Gasteiger partial charge in [-0.1, -0.05) is 30.7 Å². The highest BCUT2D eigenvalue weighted by atomic mass is 16.3. The first-order valence-corrected chi connectivity index (χ1v) is 8.07. The van der Waals surface area contributed by atoms with Crippen LogP contribution in [0.2, 0.25) is 0 Å². The number of aromatic hydroxyl groups is 1. The number of allylic oxidation sites excluding steroid dienone is 2. The molecular formula is C19H27NO2. The maximum atomic E-state index is 12.2. The number of amides is 1. The number of likely N-dealkylation sites (tertiary alicyclic amines) is 1. The van der Waals surface area contributed by atoms with E-state index in [-0.39, 0.29) is 17.1 Å². The summed E-state index contributed by atoms with van der Waals surface area (Å²) in [4.78, 5) is 14.2. The van der Waals surface area contributed by atoms with Crippen molar-refractivity contribution in [2.45, 2.75) is 53.0 Å². The van der Waals surface area contributed by atoms with Crippen molar-refractivity contribution >= 4 is 5.91 Å². The fourth-order valence-corrected chi connectivity index (χ4v) is 3.07. The molecule has 1 amide bonds. The van der Waals surface area contributed by atoms with Gasteiger partial charge in [-0.25, -0.2) is 0 Å². The molecule has 1 heterocycles. The molecule has 1 fully saturated rings. The molecule has 0 bridgehead atoms. The van der Waals surface area contributed by atoms with Crippen LogP contribution in [0, 0.1) is 5.41 Å². The maximum Gasteiger partial charge on any atom is 0.222 e. The molecule has 1 atom stereocenters. The summed E-state index contributed by atoms with van der Waals surface area (Å²) in [5.41, 5.74) is 2.63. The van der Waals surface area contributed by atoms with Crippen molar-refractivity contribution in [2.75, 3.05) is 6.54 Å². The molecule has 0 radical (unpaired) electrons. The fraction of sp³-hybridized carbons (Fsp3) is 0.526. The van der Waals surface area contributed by atoms with Crippen LogP contribution in [0.1, 0.15) is 52.0 Å². The third-order valence-corrected chi connectivity index (χ3v) is 4.48. The first-order valence-electron chi connectivity index (χ1n) is 8.07. The van der Waals surface area contributed by atoms with Gasteiger partial charge < -0.3 is 10.0 Å². The zero-order valence-electron chi connectivity index (χ0n) is 13.9. The number of phenolic OH excluding ortho intramolecular Hbond substituents is 1. The van der Waals surface area contributed by atoms with Crippen molar-refractivity contribution in [1.82, 2.24) is 4.90 Å². The molecule has 2 rings (SSSR count). The Bertz CT molecular complexity index is 543. The molecule has 120 valence electrons. The van der Waals surface area contributed by atoms with E-state index in [4.69, 9.17) is 0 Å². The van der Waals surface area contributed by atoms with E-state index in [9.17, 15) is 9.90 Å². The predicted molar refractivity (Wildman–Crippen MR) is 89.5 cm³/mol. The van der Waals surface area contributed by atoms with Crippen molar-refractivity contribution in [3.8, 4) is 5.75 Å². The molecule has 22 heavy (non-hydrogen) atoms. The molecule has 1 aromatic carbocycles. The van der Waals surface area contributed by atoms with E-state index < -0.39 is 0 Å². The van der Waals surface area contributed by atoms with Gasteiger partial charge in [0.2, 0.25) is 5.91 Å². The molecule has 3 heteroatoms. The van der Waals surface area contributed by atoms with E-state index in [0.29, 0.717) is 13.0 Å². The Morgan fingerprint density at radius 1 is 1.32 bits per heavy atom. The number of hydrogen-bond donors (Lipinski definition) is 1. The van der Waals surface area contributed by atoms with Gasteiger partial charge >= 0.3 is 0 Å². The van der Waals surface area contributed by atoms with Crippen molar-refractivity contribution in [2.24, 2.45) is 5.41 Å². The largest absolute Gasteiger partial charge is 0.508 e. The summed E-state index contributed by atoms with van der Waals surface area (Å²) in [7, 11) is 0. The van der Waals surface area contributed by atoms with Crippen LogP contribution in [0.15, 0.2) is 35.9 Å². The first kappa shape index (κ1) is 16.6. The zero-order valence-corrected chi connectivity index (χ0v) is 13.9. The number of piperidine rings is 1. The monoisotopic (exact) mass is 301 g/mol. The molecule has 1 saturated heterocycles. The molecule has 0 unspecified atom stereocenters. The molecule has 3 nitrogen and oxygen atoms in total. The molecule has 0 saturated carbocycles. The molecular weight excluding hydrogens is 274 g/mol. The Labute approximate surface area is 133 Å². The van der Waals surface area contributed by atoms with Gasteiger partial charge in [-0.05, 0) is 56.2 Å². The van der Waals surface area contributed by atoms with Gasteiger partial charge in [0.1, 0.15) is 5.75 Å². The number of hydrogen-bond acceptors (Lipinski definition) is 2. The number of benzene rings is 1. The van der Waals surface area contributed by atoms with Crippen LogP contribution in [0.4, 0.5) is 0 Å². The lowest BCUT2D eigenvalue weighted by molar-refractivity contribution is -0.138. The fourth-order valence-electron chi connectivity index (χ4n) is 3.07. The standard InChI is InChI=1S/C19H27NO2/c1-15(2)5-4-11-19(3)12-10-18(22)20(14-19)13-16-6-8-17(21)9-7-16/h5-9,21H,4,10-14H2,1-3H3/t19-/m1/s1. The third kappa shape index (κ3) is 4.62. The highest BCUT2D eigenvalue weighted by Crippen LogP contribution is 2.35. The van der Waals surface area contributed by atoms with Crippen molar-refractivity contribution in [3.05, 3.63) is 41.5 Å². The molecule has 0 spiro atoms. The second-order valence-electron chi connectivity index (χ2n) is 7.05. The normalized spacial score (nSPS) is 21.8. The van der Waals surface area contributed by atoms with Gasteiger partial charge in [-0.3, -0.25) is 4.79 Å². The van der Waals surface area contributed by atoms with Crippen LogP contribution >= 0.6 is 0 Å². The second kappa shape index (κ2) is 6.99. The minimum atomic E-state index is 0.205. The summed E-state index contributed by atoms with van der Waals surface area (Å²) in [6.45, 7) is 8.01. The second-order valence-corrected chi connectivity index (χ2v) is 7.05. The first-order chi connectivity index (χ1) is 10.4. The van der Waals surface area contributed by atoms with Crippen LogP contribution in [-0.4, -0.2) is 22.5 Å². The molecule has 0 aromatic heterocycles. The van der Waals surface area contributed by atoms with Crippen LogP contribution in [0.5, 0.6) is 5.75 Å². The summed E-state index contributed by atoms with van der Waals surface area (Å²) in [5.74, 6) is 0.507. The van der Waals surface area contributed by atoms with Gasteiger partial charge in [-0.15, -0.1) is 0 Å². The molecule has 1 aliphatic rings. The highest BCUT2D eigenvalue weighted by Gasteiger charge is 2.34. The van der Waals surface area contributed by atoms with Crippen molar-refractivity contribution in [3.63, 3.8) is 0 Å². The minimum absolute atomic E-state index is 0.205. The van der Waals surface area contributed by atoms with E-state index in [1.165, 1.54) is 5.57 Å². The van der Waals surface area contributed by atoms with Gasteiger partial charge in [0.05, 0.1) is 0 Å². The topological polar surface area (TPSA) is 40.5 Å². The molecule has 1 aliphatic heterocycles. The summed E-state index contributed by atoms with van der Waals surface area (Å²) in [6, 6.07) is 7.13. The van der Waals surface area contributed by atoms with Crippen LogP contribution < -0.4 is 0 Å². The number of phenols is 1.